The molecule has 1 unspecified atom stereocenters. The zero-order valence-corrected chi connectivity index (χ0v) is 14.0. The number of nitrogens with zero attached hydrogens (tertiary/aromatic N) is 2. The summed E-state index contributed by atoms with van der Waals surface area (Å²) in [7, 11) is 1.68. The number of hydrogen-bond acceptors (Lipinski definition) is 3. The number of amides is 1. The van der Waals surface area contributed by atoms with Gasteiger partial charge < -0.3 is 5.32 Å². The molecule has 1 aromatic carbocycles. The number of anilines is 1. The first-order valence-electron chi connectivity index (χ1n) is 7.81. The van der Waals surface area contributed by atoms with Crippen molar-refractivity contribution in [1.82, 2.24) is 9.78 Å². The minimum absolute atomic E-state index is 0.151. The summed E-state index contributed by atoms with van der Waals surface area (Å²) < 4.78 is 1.46. The third-order valence-electron chi connectivity index (χ3n) is 3.78. The molecule has 0 bridgehead atoms. The van der Waals surface area contributed by atoms with Crippen LogP contribution >= 0.6 is 0 Å². The highest BCUT2D eigenvalue weighted by Gasteiger charge is 2.18. The first kappa shape index (κ1) is 16.9. The van der Waals surface area contributed by atoms with E-state index in [1.165, 1.54) is 4.68 Å². The van der Waals surface area contributed by atoms with Crippen molar-refractivity contribution < 1.29 is 9.59 Å². The van der Waals surface area contributed by atoms with Crippen molar-refractivity contribution in [3.63, 3.8) is 0 Å². The number of aromatic nitrogens is 2. The highest BCUT2D eigenvalue weighted by atomic mass is 16.2. The molecule has 5 heteroatoms. The molecular weight excluding hydrogens is 290 g/mol. The number of benzene rings is 1. The quantitative estimate of drug-likeness (QED) is 0.828. The average molecular weight is 313 g/mol. The molecule has 0 spiro atoms. The van der Waals surface area contributed by atoms with Crippen LogP contribution in [0.5, 0.6) is 0 Å². The Balaban J connectivity index is 2.26. The van der Waals surface area contributed by atoms with Gasteiger partial charge in [0.05, 0.1) is 5.56 Å². The fraction of sp³-hybridized carbons (Fsp3) is 0.389. The molecule has 0 fully saturated rings. The minimum atomic E-state index is -0.315. The molecule has 0 saturated heterocycles. The van der Waals surface area contributed by atoms with E-state index in [1.54, 1.807) is 13.2 Å². The van der Waals surface area contributed by atoms with Crippen LogP contribution in [0, 0.1) is 5.92 Å². The van der Waals surface area contributed by atoms with Gasteiger partial charge in [-0.25, -0.2) is 0 Å². The molecule has 23 heavy (non-hydrogen) atoms. The number of aldehydes is 1. The second kappa shape index (κ2) is 7.22. The van der Waals surface area contributed by atoms with Gasteiger partial charge in [-0.05, 0) is 29.9 Å². The monoisotopic (exact) mass is 313 g/mol. The molecule has 1 amide bonds. The highest BCUT2D eigenvalue weighted by molar-refractivity contribution is 6.08. The number of hydrogen-bond donors (Lipinski definition) is 1. The number of carbonyl (C=O) groups excluding carboxylic acids is 2. The minimum Gasteiger partial charge on any atom is -0.322 e. The van der Waals surface area contributed by atoms with E-state index in [9.17, 15) is 9.59 Å². The van der Waals surface area contributed by atoms with E-state index in [0.29, 0.717) is 18.1 Å². The van der Waals surface area contributed by atoms with Crippen molar-refractivity contribution in [2.24, 2.45) is 13.0 Å². The van der Waals surface area contributed by atoms with Crippen LogP contribution < -0.4 is 5.32 Å². The van der Waals surface area contributed by atoms with Crippen molar-refractivity contribution in [2.45, 2.75) is 33.1 Å². The Morgan fingerprint density at radius 1 is 1.30 bits per heavy atom. The van der Waals surface area contributed by atoms with Gasteiger partial charge in [0.15, 0.2) is 6.29 Å². The van der Waals surface area contributed by atoms with Crippen LogP contribution in [0.2, 0.25) is 0 Å². The molecule has 1 heterocycles. The predicted octanol–water partition coefficient (Wildman–Crippen LogP) is 3.63. The van der Waals surface area contributed by atoms with Gasteiger partial charge in [0.1, 0.15) is 5.69 Å². The van der Waals surface area contributed by atoms with Crippen LogP contribution in [-0.2, 0) is 7.05 Å². The molecule has 1 N–H and O–H groups in total. The van der Waals surface area contributed by atoms with E-state index < -0.39 is 0 Å². The van der Waals surface area contributed by atoms with Gasteiger partial charge in [-0.2, -0.15) is 5.10 Å². The second-order valence-corrected chi connectivity index (χ2v) is 6.29. The SMILES string of the molecule is CC(C)CC(C)c1ccccc1NC(=O)c1cn(C)nc1C=O. The van der Waals surface area contributed by atoms with E-state index in [0.717, 1.165) is 17.7 Å². The Morgan fingerprint density at radius 2 is 2.00 bits per heavy atom. The molecule has 0 aliphatic heterocycles. The van der Waals surface area contributed by atoms with E-state index in [4.69, 9.17) is 0 Å². The third kappa shape index (κ3) is 4.06. The van der Waals surface area contributed by atoms with Crippen LogP contribution in [0.1, 0.15) is 59.5 Å². The Kier molecular flexibility index (Phi) is 5.32. The lowest BCUT2D eigenvalue weighted by atomic mass is 9.91. The van der Waals surface area contributed by atoms with Gasteiger partial charge >= 0.3 is 0 Å². The first-order chi connectivity index (χ1) is 10.9. The van der Waals surface area contributed by atoms with Crippen molar-refractivity contribution in [3.05, 3.63) is 47.3 Å². The Morgan fingerprint density at radius 3 is 2.65 bits per heavy atom. The lowest BCUT2D eigenvalue weighted by Gasteiger charge is -2.18. The molecule has 1 atom stereocenters. The van der Waals surface area contributed by atoms with E-state index >= 15 is 0 Å². The van der Waals surface area contributed by atoms with Crippen LogP contribution in [0.15, 0.2) is 30.5 Å². The van der Waals surface area contributed by atoms with Crippen LogP contribution in [-0.4, -0.2) is 22.0 Å². The summed E-state index contributed by atoms with van der Waals surface area (Å²) in [4.78, 5) is 23.5. The molecule has 1 aromatic heterocycles. The fourth-order valence-electron chi connectivity index (χ4n) is 2.83. The van der Waals surface area contributed by atoms with E-state index in [-0.39, 0.29) is 17.2 Å². The van der Waals surface area contributed by atoms with Crippen LogP contribution in [0.4, 0.5) is 5.69 Å². The van der Waals surface area contributed by atoms with Crippen LogP contribution in [0.3, 0.4) is 0 Å². The normalized spacial score (nSPS) is 12.2. The van der Waals surface area contributed by atoms with Gasteiger partial charge in [-0.3, -0.25) is 14.3 Å². The van der Waals surface area contributed by atoms with Crippen LogP contribution in [0.25, 0.3) is 0 Å². The molecule has 5 nitrogen and oxygen atoms in total. The number of para-hydroxylation sites is 1. The summed E-state index contributed by atoms with van der Waals surface area (Å²) in [6.07, 6.45) is 3.20. The van der Waals surface area contributed by atoms with Crippen molar-refractivity contribution in [3.8, 4) is 0 Å². The molecule has 0 saturated carbocycles. The van der Waals surface area contributed by atoms with E-state index in [1.807, 2.05) is 24.3 Å². The lowest BCUT2D eigenvalue weighted by Crippen LogP contribution is -2.15. The number of aryl methyl sites for hydroxylation is 1. The molecule has 2 aromatic rings. The van der Waals surface area contributed by atoms with Gasteiger partial charge in [0.2, 0.25) is 0 Å². The van der Waals surface area contributed by atoms with E-state index in [2.05, 4.69) is 31.2 Å². The zero-order chi connectivity index (χ0) is 17.0. The van der Waals surface area contributed by atoms with Gasteiger partial charge in [0, 0.05) is 18.9 Å². The largest absolute Gasteiger partial charge is 0.322 e. The topological polar surface area (TPSA) is 64.0 Å². The summed E-state index contributed by atoms with van der Waals surface area (Å²) in [5.41, 5.74) is 2.32. The van der Waals surface area contributed by atoms with Crippen molar-refractivity contribution >= 4 is 17.9 Å². The second-order valence-electron chi connectivity index (χ2n) is 6.29. The zero-order valence-electron chi connectivity index (χ0n) is 14.0. The summed E-state index contributed by atoms with van der Waals surface area (Å²) in [6, 6.07) is 7.79. The Labute approximate surface area is 136 Å². The maximum atomic E-state index is 12.5. The fourth-order valence-corrected chi connectivity index (χ4v) is 2.83. The van der Waals surface area contributed by atoms with Crippen molar-refractivity contribution in [1.29, 1.82) is 0 Å². The Hall–Kier alpha value is -2.43. The number of carbonyl (C=O) groups is 2. The standard InChI is InChI=1S/C18H23N3O2/c1-12(2)9-13(3)14-7-5-6-8-16(14)19-18(23)15-10-21(4)20-17(15)11-22/h5-8,10-13H,9H2,1-4H3,(H,19,23). The molecule has 122 valence electrons. The smallest absolute Gasteiger partial charge is 0.259 e. The number of rotatable bonds is 6. The average Bonchev–Trinajstić information content (AvgIpc) is 2.88. The molecule has 0 aliphatic carbocycles. The third-order valence-corrected chi connectivity index (χ3v) is 3.78. The summed E-state index contributed by atoms with van der Waals surface area (Å²) in [5, 5.41) is 6.89. The molecular formula is C18H23N3O2. The summed E-state index contributed by atoms with van der Waals surface area (Å²) >= 11 is 0. The first-order valence-corrected chi connectivity index (χ1v) is 7.81. The predicted molar refractivity (Wildman–Crippen MR) is 90.9 cm³/mol. The molecule has 2 rings (SSSR count). The van der Waals surface area contributed by atoms with Gasteiger partial charge in [-0.15, -0.1) is 0 Å². The number of nitrogens with one attached hydrogen (secondary N) is 1. The molecule has 0 aliphatic rings. The Bertz CT molecular complexity index is 704. The molecule has 0 radical (unpaired) electrons. The maximum absolute atomic E-state index is 12.5. The maximum Gasteiger partial charge on any atom is 0.259 e. The van der Waals surface area contributed by atoms with Gasteiger partial charge in [-0.1, -0.05) is 39.0 Å². The lowest BCUT2D eigenvalue weighted by molar-refractivity contribution is 0.101. The summed E-state index contributed by atoms with van der Waals surface area (Å²) in [5.74, 6) is 0.601. The van der Waals surface area contributed by atoms with Gasteiger partial charge in [0.25, 0.3) is 5.91 Å². The summed E-state index contributed by atoms with van der Waals surface area (Å²) in [6.45, 7) is 6.53. The highest BCUT2D eigenvalue weighted by Crippen LogP contribution is 2.29. The van der Waals surface area contributed by atoms with Crippen molar-refractivity contribution in [2.75, 3.05) is 5.32 Å².